The average Bonchev–Trinajstić information content (AvgIpc) is 3.55. The summed E-state index contributed by atoms with van der Waals surface area (Å²) in [5.41, 5.74) is 12.0. The van der Waals surface area contributed by atoms with Gasteiger partial charge in [-0.1, -0.05) is 48.5 Å². The minimum absolute atomic E-state index is 0.526. The Hall–Kier alpha value is -4.15. The summed E-state index contributed by atoms with van der Waals surface area (Å²) in [7, 11) is 4.47. The smallest absolute Gasteiger partial charge is 0.0541 e. The van der Waals surface area contributed by atoms with E-state index in [1.54, 1.807) is 0 Å². The molecule has 0 spiro atoms. The topological polar surface area (TPSA) is 36.9 Å². The fourth-order valence-electron chi connectivity index (χ4n) is 7.42. The molecule has 3 aromatic carbocycles. The van der Waals surface area contributed by atoms with Gasteiger partial charge in [-0.25, -0.2) is 0 Å². The quantitative estimate of drug-likeness (QED) is 0.215. The Morgan fingerprint density at radius 2 is 1.55 bits per heavy atom. The molecular formula is C38H40N4. The van der Waals surface area contributed by atoms with Gasteiger partial charge in [-0.2, -0.15) is 0 Å². The van der Waals surface area contributed by atoms with Crippen molar-refractivity contribution in [2.45, 2.75) is 57.4 Å². The molecule has 0 atom stereocenters. The van der Waals surface area contributed by atoms with E-state index in [-0.39, 0.29) is 0 Å². The van der Waals surface area contributed by atoms with Crippen LogP contribution in [0.4, 0.5) is 0 Å². The van der Waals surface area contributed by atoms with Crippen LogP contribution in [-0.4, -0.2) is 39.6 Å². The molecule has 212 valence electrons. The van der Waals surface area contributed by atoms with Crippen molar-refractivity contribution < 1.29 is 0 Å². The van der Waals surface area contributed by atoms with Crippen molar-refractivity contribution in [2.75, 3.05) is 14.1 Å². The van der Waals surface area contributed by atoms with Gasteiger partial charge < -0.3 is 14.5 Å². The molecule has 1 aliphatic carbocycles. The molecule has 0 saturated heterocycles. The third-order valence-electron chi connectivity index (χ3n) is 9.61. The second-order valence-electron chi connectivity index (χ2n) is 12.2. The predicted molar refractivity (Wildman–Crippen MR) is 176 cm³/mol. The van der Waals surface area contributed by atoms with E-state index >= 15 is 0 Å². The van der Waals surface area contributed by atoms with Crippen LogP contribution in [-0.2, 0) is 12.8 Å². The van der Waals surface area contributed by atoms with Gasteiger partial charge in [0.25, 0.3) is 0 Å². The fourth-order valence-corrected chi connectivity index (χ4v) is 7.42. The Morgan fingerprint density at radius 3 is 2.29 bits per heavy atom. The molecule has 6 aromatic rings. The second kappa shape index (κ2) is 11.3. The van der Waals surface area contributed by atoms with Gasteiger partial charge in [-0.3, -0.25) is 4.98 Å². The molecule has 1 aliphatic rings. The fraction of sp³-hybridized carbons (Fsp3) is 0.289. The lowest BCUT2D eigenvalue weighted by molar-refractivity contribution is 0.214. The molecule has 0 amide bonds. The summed E-state index contributed by atoms with van der Waals surface area (Å²) in [4.78, 5) is 10.5. The summed E-state index contributed by atoms with van der Waals surface area (Å²) in [5, 5.41) is 2.70. The maximum absolute atomic E-state index is 4.28. The molecule has 1 saturated carbocycles. The molecular weight excluding hydrogens is 512 g/mol. The highest BCUT2D eigenvalue weighted by Crippen LogP contribution is 2.45. The predicted octanol–water partition coefficient (Wildman–Crippen LogP) is 8.86. The van der Waals surface area contributed by atoms with E-state index in [1.165, 1.54) is 86.8 Å². The Balaban J connectivity index is 1.48. The molecule has 42 heavy (non-hydrogen) atoms. The number of fused-ring (bicyclic) bond motifs is 2. The van der Waals surface area contributed by atoms with E-state index in [2.05, 4.69) is 125 Å². The maximum atomic E-state index is 4.28. The number of para-hydroxylation sites is 2. The van der Waals surface area contributed by atoms with Crippen molar-refractivity contribution in [3.05, 3.63) is 120 Å². The van der Waals surface area contributed by atoms with Crippen LogP contribution in [0.1, 0.15) is 54.0 Å². The number of aromatic nitrogens is 3. The summed E-state index contributed by atoms with van der Waals surface area (Å²) >= 11 is 0. The number of pyridine rings is 1. The van der Waals surface area contributed by atoms with E-state index in [9.17, 15) is 0 Å². The van der Waals surface area contributed by atoms with E-state index in [4.69, 9.17) is 0 Å². The SMILES string of the molecule is Cc1c(-c2cccc3c2c(CCc2ccncc2)c(C2CCC(N(C)C)CC2)n3-c2ccccc2)[nH]c2ccccc12. The van der Waals surface area contributed by atoms with Crippen molar-refractivity contribution in [2.24, 2.45) is 0 Å². The summed E-state index contributed by atoms with van der Waals surface area (Å²) in [6.07, 6.45) is 10.8. The molecule has 0 unspecified atom stereocenters. The summed E-state index contributed by atoms with van der Waals surface area (Å²) < 4.78 is 2.61. The number of H-pyrrole nitrogens is 1. The van der Waals surface area contributed by atoms with Crippen molar-refractivity contribution in [3.63, 3.8) is 0 Å². The third kappa shape index (κ3) is 4.74. The first-order chi connectivity index (χ1) is 20.6. The molecule has 4 nitrogen and oxygen atoms in total. The number of benzene rings is 3. The summed E-state index contributed by atoms with van der Waals surface area (Å²) in [5.74, 6) is 0.526. The number of hydrogen-bond acceptors (Lipinski definition) is 2. The maximum Gasteiger partial charge on any atom is 0.0541 e. The molecule has 1 N–H and O–H groups in total. The van der Waals surface area contributed by atoms with E-state index in [0.29, 0.717) is 12.0 Å². The first-order valence-electron chi connectivity index (χ1n) is 15.4. The van der Waals surface area contributed by atoms with Crippen molar-refractivity contribution in [3.8, 4) is 16.9 Å². The van der Waals surface area contributed by atoms with Crippen molar-refractivity contribution in [1.29, 1.82) is 0 Å². The van der Waals surface area contributed by atoms with E-state index in [0.717, 1.165) is 12.8 Å². The van der Waals surface area contributed by atoms with Crippen molar-refractivity contribution >= 4 is 21.8 Å². The van der Waals surface area contributed by atoms with Gasteiger partial charge >= 0.3 is 0 Å². The van der Waals surface area contributed by atoms with Crippen molar-refractivity contribution in [1.82, 2.24) is 19.4 Å². The van der Waals surface area contributed by atoms with Crippen LogP contribution in [0, 0.1) is 6.92 Å². The Kier molecular flexibility index (Phi) is 7.17. The summed E-state index contributed by atoms with van der Waals surface area (Å²) in [6.45, 7) is 2.27. The van der Waals surface area contributed by atoms with Crippen LogP contribution >= 0.6 is 0 Å². The van der Waals surface area contributed by atoms with E-state index < -0.39 is 0 Å². The number of nitrogens with one attached hydrogen (secondary N) is 1. The van der Waals surface area contributed by atoms with Gasteiger partial charge in [-0.05, 0) is 119 Å². The summed E-state index contributed by atoms with van der Waals surface area (Å²) in [6, 6.07) is 31.7. The second-order valence-corrected chi connectivity index (χ2v) is 12.2. The molecule has 3 aromatic heterocycles. The van der Waals surface area contributed by atoms with Gasteiger partial charge in [0.2, 0.25) is 0 Å². The number of hydrogen-bond donors (Lipinski definition) is 1. The van der Waals surface area contributed by atoms with Crippen LogP contribution in [0.25, 0.3) is 38.8 Å². The van der Waals surface area contributed by atoms with Gasteiger partial charge in [0.1, 0.15) is 0 Å². The zero-order valence-electron chi connectivity index (χ0n) is 25.0. The third-order valence-corrected chi connectivity index (χ3v) is 9.61. The Bertz CT molecular complexity index is 1820. The largest absolute Gasteiger partial charge is 0.354 e. The molecule has 0 radical (unpaired) electrons. The van der Waals surface area contributed by atoms with Gasteiger partial charge in [-0.15, -0.1) is 0 Å². The molecule has 0 aliphatic heterocycles. The highest BCUT2D eigenvalue weighted by Gasteiger charge is 2.31. The van der Waals surface area contributed by atoms with E-state index in [1.807, 2.05) is 12.4 Å². The standard InChI is InChI=1S/C38H40N4/c1-26-31-12-7-8-14-34(31)40-37(26)32-13-9-15-35-36(32)33(21-16-27-22-24-39-25-23-27)38(42(35)30-10-5-4-6-11-30)28-17-19-29(20-18-28)41(2)3/h4-15,22-25,28-29,40H,16-21H2,1-3H3. The van der Waals surface area contributed by atoms with Gasteiger partial charge in [0.15, 0.2) is 0 Å². The first-order valence-corrected chi connectivity index (χ1v) is 15.4. The molecule has 1 fully saturated rings. The minimum Gasteiger partial charge on any atom is -0.354 e. The lowest BCUT2D eigenvalue weighted by Crippen LogP contribution is -2.32. The van der Waals surface area contributed by atoms with Gasteiger partial charge in [0.05, 0.1) is 11.2 Å². The molecule has 3 heterocycles. The Morgan fingerprint density at radius 1 is 0.810 bits per heavy atom. The number of aryl methyl sites for hydroxylation is 3. The number of aromatic amines is 1. The lowest BCUT2D eigenvalue weighted by atomic mass is 9.81. The highest BCUT2D eigenvalue weighted by atomic mass is 15.1. The lowest BCUT2D eigenvalue weighted by Gasteiger charge is -2.34. The Labute approximate surface area is 249 Å². The monoisotopic (exact) mass is 552 g/mol. The zero-order chi connectivity index (χ0) is 28.6. The molecule has 7 rings (SSSR count). The number of nitrogens with zero attached hydrogens (tertiary/aromatic N) is 3. The highest BCUT2D eigenvalue weighted by molar-refractivity contribution is 6.03. The molecule has 0 bridgehead atoms. The van der Waals surface area contributed by atoms with Crippen LogP contribution in [0.3, 0.4) is 0 Å². The zero-order valence-corrected chi connectivity index (χ0v) is 25.0. The minimum atomic E-state index is 0.526. The van der Waals surface area contributed by atoms with Gasteiger partial charge in [0, 0.05) is 51.7 Å². The molecule has 4 heteroatoms. The average molecular weight is 553 g/mol. The van der Waals surface area contributed by atoms with Crippen LogP contribution in [0.2, 0.25) is 0 Å². The van der Waals surface area contributed by atoms with Crippen LogP contribution in [0.15, 0.2) is 97.3 Å². The number of rotatable bonds is 7. The first kappa shape index (κ1) is 26.7. The van der Waals surface area contributed by atoms with Crippen LogP contribution < -0.4 is 0 Å². The van der Waals surface area contributed by atoms with Crippen LogP contribution in [0.5, 0.6) is 0 Å². The normalized spacial score (nSPS) is 17.4.